The first-order valence-corrected chi connectivity index (χ1v) is 6.99. The van der Waals surface area contributed by atoms with Gasteiger partial charge in [0.25, 0.3) is 0 Å². The summed E-state index contributed by atoms with van der Waals surface area (Å²) in [5.74, 6) is 0. The monoisotopic (exact) mass is 351 g/mol. The molecule has 22 heavy (non-hydrogen) atoms. The smallest absolute Gasteiger partial charge is 0.399 e. The van der Waals surface area contributed by atoms with Crippen molar-refractivity contribution in [2.75, 3.05) is 5.73 Å². The maximum absolute atomic E-state index is 13.1. The molecule has 0 aliphatic heterocycles. The number of nitrogen functional groups attached to an aromatic ring is 1. The number of rotatable bonds is 1. The van der Waals surface area contributed by atoms with E-state index in [1.54, 1.807) is 12.1 Å². The Bertz CT molecular complexity index is 695. The van der Waals surface area contributed by atoms with E-state index < -0.39 is 11.9 Å². The van der Waals surface area contributed by atoms with Crippen molar-refractivity contribution in [1.29, 1.82) is 0 Å². The molecule has 0 amide bonds. The Kier molecular flexibility index (Phi) is 4.63. The van der Waals surface area contributed by atoms with E-state index in [9.17, 15) is 13.2 Å². The van der Waals surface area contributed by atoms with E-state index in [0.29, 0.717) is 40.5 Å². The average molecular weight is 352 g/mol. The van der Waals surface area contributed by atoms with E-state index in [0.717, 1.165) is 12.8 Å². The maximum atomic E-state index is 13.1. The Hall–Kier alpha value is -1.40. The number of nitrogens with two attached hydrogens (primary N) is 1. The van der Waals surface area contributed by atoms with Crippen LogP contribution in [0.3, 0.4) is 0 Å². The van der Waals surface area contributed by atoms with Gasteiger partial charge in [-0.3, -0.25) is 0 Å². The van der Waals surface area contributed by atoms with Crippen molar-refractivity contribution in [1.82, 2.24) is 9.78 Å². The molecule has 0 unspecified atom stereocenters. The fourth-order valence-corrected chi connectivity index (χ4v) is 2.99. The molecular weight excluding hydrogens is 338 g/mol. The van der Waals surface area contributed by atoms with Gasteiger partial charge in [-0.05, 0) is 43.9 Å². The molecule has 2 aromatic rings. The number of anilines is 1. The van der Waals surface area contributed by atoms with Gasteiger partial charge in [0, 0.05) is 16.9 Å². The summed E-state index contributed by atoms with van der Waals surface area (Å²) in [7, 11) is 0. The molecule has 3 nitrogen and oxygen atoms in total. The highest BCUT2D eigenvalue weighted by Crippen LogP contribution is 2.37. The van der Waals surface area contributed by atoms with Gasteiger partial charge in [-0.15, -0.1) is 12.4 Å². The van der Waals surface area contributed by atoms with Crippen LogP contribution >= 0.6 is 24.0 Å². The lowest BCUT2D eigenvalue weighted by molar-refractivity contribution is -0.142. The zero-order chi connectivity index (χ0) is 15.2. The van der Waals surface area contributed by atoms with Gasteiger partial charge in [0.2, 0.25) is 0 Å². The number of aromatic nitrogens is 2. The standard InChI is InChI=1S/C14H13ClF3N3.ClH/c15-10-7-8(19)5-6-12(10)21-11-4-2-1-3-9(11)13(20-21)14(16,17)18;/h5-7H,1-4,19H2;1H. The van der Waals surface area contributed by atoms with Crippen LogP contribution in [-0.2, 0) is 19.0 Å². The molecule has 3 rings (SSSR count). The first-order valence-electron chi connectivity index (χ1n) is 6.61. The van der Waals surface area contributed by atoms with Crippen LogP contribution in [0.2, 0.25) is 5.02 Å². The van der Waals surface area contributed by atoms with Gasteiger partial charge >= 0.3 is 6.18 Å². The van der Waals surface area contributed by atoms with E-state index in [-0.39, 0.29) is 12.4 Å². The highest BCUT2D eigenvalue weighted by Gasteiger charge is 2.39. The number of alkyl halides is 3. The van der Waals surface area contributed by atoms with Crippen molar-refractivity contribution in [2.24, 2.45) is 0 Å². The van der Waals surface area contributed by atoms with Gasteiger partial charge in [0.1, 0.15) is 0 Å². The largest absolute Gasteiger partial charge is 0.435 e. The second-order valence-electron chi connectivity index (χ2n) is 5.10. The van der Waals surface area contributed by atoms with Crippen LogP contribution in [0.1, 0.15) is 29.8 Å². The van der Waals surface area contributed by atoms with Gasteiger partial charge in [-0.2, -0.15) is 18.3 Å². The van der Waals surface area contributed by atoms with Crippen LogP contribution in [0.15, 0.2) is 18.2 Å². The van der Waals surface area contributed by atoms with Crippen LogP contribution in [0.5, 0.6) is 0 Å². The highest BCUT2D eigenvalue weighted by atomic mass is 35.5. The first kappa shape index (κ1) is 17.0. The summed E-state index contributed by atoms with van der Waals surface area (Å²) >= 11 is 6.11. The Morgan fingerprint density at radius 3 is 2.50 bits per heavy atom. The Balaban J connectivity index is 0.00000176. The van der Waals surface area contributed by atoms with E-state index in [4.69, 9.17) is 17.3 Å². The molecule has 120 valence electrons. The quantitative estimate of drug-likeness (QED) is 0.772. The van der Waals surface area contributed by atoms with Crippen molar-refractivity contribution in [3.8, 4) is 5.69 Å². The average Bonchev–Trinajstić information content (AvgIpc) is 2.78. The second-order valence-corrected chi connectivity index (χ2v) is 5.51. The molecule has 0 bridgehead atoms. The third kappa shape index (κ3) is 2.90. The van der Waals surface area contributed by atoms with Crippen molar-refractivity contribution >= 4 is 29.7 Å². The summed E-state index contributed by atoms with van der Waals surface area (Å²) in [6.45, 7) is 0. The van der Waals surface area contributed by atoms with Crippen LogP contribution in [0.25, 0.3) is 5.69 Å². The van der Waals surface area contributed by atoms with Crippen LogP contribution < -0.4 is 5.73 Å². The molecule has 1 aromatic heterocycles. The first-order chi connectivity index (χ1) is 9.88. The van der Waals surface area contributed by atoms with E-state index >= 15 is 0 Å². The third-order valence-electron chi connectivity index (χ3n) is 3.65. The SMILES string of the molecule is Cl.Nc1ccc(-n2nc(C(F)(F)F)c3c2CCCC3)c(Cl)c1. The predicted octanol–water partition coefficient (Wildman–Crippen LogP) is 4.43. The molecule has 0 radical (unpaired) electrons. The second kappa shape index (κ2) is 6.01. The van der Waals surface area contributed by atoms with Crippen molar-refractivity contribution in [3.63, 3.8) is 0 Å². The summed E-state index contributed by atoms with van der Waals surface area (Å²) in [4.78, 5) is 0. The molecule has 0 fully saturated rings. The summed E-state index contributed by atoms with van der Waals surface area (Å²) in [6, 6.07) is 4.71. The summed E-state index contributed by atoms with van der Waals surface area (Å²) in [6.07, 6.45) is -1.89. The molecule has 0 atom stereocenters. The minimum absolute atomic E-state index is 0. The zero-order valence-electron chi connectivity index (χ0n) is 11.5. The number of hydrogen-bond donors (Lipinski definition) is 1. The Morgan fingerprint density at radius 1 is 1.18 bits per heavy atom. The third-order valence-corrected chi connectivity index (χ3v) is 3.95. The summed E-state index contributed by atoms with van der Waals surface area (Å²) in [5.41, 5.74) is 6.60. The lowest BCUT2D eigenvalue weighted by atomic mass is 9.95. The number of hydrogen-bond acceptors (Lipinski definition) is 2. The summed E-state index contributed by atoms with van der Waals surface area (Å²) in [5, 5.41) is 4.08. The van der Waals surface area contributed by atoms with Crippen LogP contribution in [0, 0.1) is 0 Å². The molecule has 2 N–H and O–H groups in total. The Labute approximate surface area is 136 Å². The van der Waals surface area contributed by atoms with Crippen molar-refractivity contribution < 1.29 is 13.2 Å². The lowest BCUT2D eigenvalue weighted by Gasteiger charge is -2.15. The van der Waals surface area contributed by atoms with E-state index in [1.165, 1.54) is 10.7 Å². The van der Waals surface area contributed by atoms with E-state index in [2.05, 4.69) is 5.10 Å². The zero-order valence-corrected chi connectivity index (χ0v) is 13.0. The minimum Gasteiger partial charge on any atom is -0.399 e. The number of halogens is 5. The van der Waals surface area contributed by atoms with Crippen molar-refractivity contribution in [2.45, 2.75) is 31.9 Å². The molecule has 8 heteroatoms. The predicted molar refractivity (Wildman–Crippen MR) is 81.9 cm³/mol. The van der Waals surface area contributed by atoms with Crippen LogP contribution in [-0.4, -0.2) is 9.78 Å². The normalized spacial score (nSPS) is 14.4. The fraction of sp³-hybridized carbons (Fsp3) is 0.357. The maximum Gasteiger partial charge on any atom is 0.435 e. The Morgan fingerprint density at radius 2 is 1.86 bits per heavy atom. The van der Waals surface area contributed by atoms with Gasteiger partial charge < -0.3 is 5.73 Å². The van der Waals surface area contributed by atoms with Gasteiger partial charge in [0.05, 0.1) is 10.7 Å². The molecule has 0 saturated heterocycles. The molecule has 1 heterocycles. The molecule has 1 aromatic carbocycles. The van der Waals surface area contributed by atoms with Crippen molar-refractivity contribution in [3.05, 3.63) is 40.2 Å². The summed E-state index contributed by atoms with van der Waals surface area (Å²) < 4.78 is 40.7. The molecular formula is C14H14Cl2F3N3. The van der Waals surface area contributed by atoms with Gasteiger partial charge in [0.15, 0.2) is 5.69 Å². The number of fused-ring (bicyclic) bond motifs is 1. The van der Waals surface area contributed by atoms with Crippen LogP contribution in [0.4, 0.5) is 18.9 Å². The van der Waals surface area contributed by atoms with Gasteiger partial charge in [-0.1, -0.05) is 11.6 Å². The topological polar surface area (TPSA) is 43.8 Å². The lowest BCUT2D eigenvalue weighted by Crippen LogP contribution is -2.11. The van der Waals surface area contributed by atoms with E-state index in [1.807, 2.05) is 0 Å². The molecule has 0 saturated carbocycles. The highest BCUT2D eigenvalue weighted by molar-refractivity contribution is 6.32. The number of nitrogens with zero attached hydrogens (tertiary/aromatic N) is 2. The minimum atomic E-state index is -4.45. The molecule has 1 aliphatic carbocycles. The molecule has 1 aliphatic rings. The number of benzene rings is 1. The van der Waals surface area contributed by atoms with Gasteiger partial charge in [-0.25, -0.2) is 4.68 Å². The molecule has 0 spiro atoms. The fourth-order valence-electron chi connectivity index (χ4n) is 2.72.